The Morgan fingerprint density at radius 1 is 1.06 bits per heavy atom. The van der Waals surface area contributed by atoms with Gasteiger partial charge in [-0.15, -0.1) is 0 Å². The van der Waals surface area contributed by atoms with Crippen LogP contribution in [0.4, 0.5) is 5.69 Å². The van der Waals surface area contributed by atoms with Crippen LogP contribution in [0.2, 0.25) is 0 Å². The highest BCUT2D eigenvalue weighted by molar-refractivity contribution is 5.83. The van der Waals surface area contributed by atoms with Gasteiger partial charge in [0.2, 0.25) is 11.5 Å². The van der Waals surface area contributed by atoms with E-state index >= 15 is 0 Å². The van der Waals surface area contributed by atoms with Crippen molar-refractivity contribution in [3.8, 4) is 5.75 Å². The first kappa shape index (κ1) is 22.8. The Hall–Kier alpha value is -3.34. The summed E-state index contributed by atoms with van der Waals surface area (Å²) < 4.78 is 14.4. The SMILES string of the molecule is CCN1/C(=C/C=C/c2oc3ccccc3[n+]2CCCCC(=O)C(C)(C)C)Oc2ccccc21. The zero-order valence-electron chi connectivity index (χ0n) is 20.0. The minimum Gasteiger partial charge on any atom is -0.439 e. The molecule has 172 valence electrons. The van der Waals surface area contributed by atoms with Gasteiger partial charge in [0.1, 0.15) is 5.78 Å². The number of ether oxygens (including phenoxy) is 1. The first-order chi connectivity index (χ1) is 15.9. The number of fused-ring (bicyclic) bond motifs is 2. The Bertz CT molecular complexity index is 1200. The van der Waals surface area contributed by atoms with E-state index in [1.165, 1.54) is 0 Å². The maximum absolute atomic E-state index is 12.2. The fourth-order valence-electron chi connectivity index (χ4n) is 4.05. The zero-order valence-corrected chi connectivity index (χ0v) is 20.0. The van der Waals surface area contributed by atoms with Crippen LogP contribution in [0.5, 0.6) is 5.75 Å². The number of benzene rings is 2. The summed E-state index contributed by atoms with van der Waals surface area (Å²) >= 11 is 0. The fourth-order valence-corrected chi connectivity index (χ4v) is 4.05. The largest absolute Gasteiger partial charge is 0.439 e. The second kappa shape index (κ2) is 9.65. The molecule has 0 saturated heterocycles. The van der Waals surface area contributed by atoms with Crippen LogP contribution in [0.1, 0.15) is 52.8 Å². The smallest absolute Gasteiger partial charge is 0.374 e. The summed E-state index contributed by atoms with van der Waals surface area (Å²) in [5.74, 6) is 2.78. The van der Waals surface area contributed by atoms with E-state index < -0.39 is 0 Å². The molecular formula is C28H33N2O3+. The number of nitrogens with zero attached hydrogens (tertiary/aromatic N) is 2. The van der Waals surface area contributed by atoms with Crippen molar-refractivity contribution in [1.29, 1.82) is 0 Å². The first-order valence-electron chi connectivity index (χ1n) is 11.8. The Labute approximate surface area is 196 Å². The molecule has 33 heavy (non-hydrogen) atoms. The molecular weight excluding hydrogens is 412 g/mol. The van der Waals surface area contributed by atoms with E-state index in [0.29, 0.717) is 12.2 Å². The van der Waals surface area contributed by atoms with Crippen LogP contribution in [0.25, 0.3) is 17.2 Å². The third kappa shape index (κ3) is 5.03. The van der Waals surface area contributed by atoms with Crippen molar-refractivity contribution in [1.82, 2.24) is 0 Å². The molecule has 4 rings (SSSR count). The van der Waals surface area contributed by atoms with E-state index in [1.807, 2.05) is 75.4 Å². The number of rotatable bonds is 8. The van der Waals surface area contributed by atoms with Gasteiger partial charge in [0.15, 0.2) is 12.3 Å². The summed E-state index contributed by atoms with van der Waals surface area (Å²) in [5.41, 5.74) is 2.73. The topological polar surface area (TPSA) is 46.6 Å². The standard InChI is InChI=1S/C28H33N2O3/c1-5-29-21-13-6-8-15-23(21)32-26(29)18-12-19-27-30(22-14-7-9-16-24(22)33-27)20-11-10-17-25(31)28(2,3)4/h6-9,12-16,18-19H,5,10-11,17,20H2,1-4H3/q+1. The molecule has 2 aromatic carbocycles. The molecule has 0 amide bonds. The summed E-state index contributed by atoms with van der Waals surface area (Å²) in [6.07, 6.45) is 8.33. The van der Waals surface area contributed by atoms with Crippen LogP contribution in [0.15, 0.2) is 71.0 Å². The van der Waals surface area contributed by atoms with E-state index in [4.69, 9.17) is 9.15 Å². The lowest BCUT2D eigenvalue weighted by molar-refractivity contribution is -0.678. The summed E-state index contributed by atoms with van der Waals surface area (Å²) in [6, 6.07) is 16.1. The van der Waals surface area contributed by atoms with Crippen LogP contribution in [0.3, 0.4) is 0 Å². The maximum Gasteiger partial charge on any atom is 0.374 e. The monoisotopic (exact) mass is 445 g/mol. The van der Waals surface area contributed by atoms with Gasteiger partial charge in [-0.25, -0.2) is 0 Å². The lowest BCUT2D eigenvalue weighted by atomic mass is 9.88. The second-order valence-electron chi connectivity index (χ2n) is 9.37. The van der Waals surface area contributed by atoms with Crippen LogP contribution >= 0.6 is 0 Å². The molecule has 3 aromatic rings. The minimum absolute atomic E-state index is 0.273. The number of oxazole rings is 1. The molecule has 5 nitrogen and oxygen atoms in total. The molecule has 1 aliphatic heterocycles. The molecule has 1 aromatic heterocycles. The van der Waals surface area contributed by atoms with Crippen molar-refractivity contribution >= 4 is 28.6 Å². The van der Waals surface area contributed by atoms with E-state index in [9.17, 15) is 4.79 Å². The molecule has 0 fully saturated rings. The van der Waals surface area contributed by atoms with Crippen LogP contribution in [-0.2, 0) is 11.3 Å². The molecule has 0 atom stereocenters. The van der Waals surface area contributed by atoms with Gasteiger partial charge < -0.3 is 14.1 Å². The molecule has 0 bridgehead atoms. The number of para-hydroxylation sites is 4. The number of hydrogen-bond acceptors (Lipinski definition) is 4. The third-order valence-electron chi connectivity index (χ3n) is 5.94. The van der Waals surface area contributed by atoms with Crippen molar-refractivity contribution in [2.75, 3.05) is 11.4 Å². The number of ketones is 1. The van der Waals surface area contributed by atoms with Crippen molar-refractivity contribution in [3.05, 3.63) is 72.5 Å². The quantitative estimate of drug-likeness (QED) is 0.302. The number of aryl methyl sites for hydroxylation is 1. The summed E-state index contributed by atoms with van der Waals surface area (Å²) in [7, 11) is 0. The van der Waals surface area contributed by atoms with Gasteiger partial charge in [-0.2, -0.15) is 4.57 Å². The molecule has 0 radical (unpaired) electrons. The van der Waals surface area contributed by atoms with Gasteiger partial charge in [-0.05, 0) is 43.7 Å². The number of hydrogen-bond donors (Lipinski definition) is 0. The predicted molar refractivity (Wildman–Crippen MR) is 132 cm³/mol. The van der Waals surface area contributed by atoms with Gasteiger partial charge in [-0.1, -0.05) is 45.0 Å². The first-order valence-corrected chi connectivity index (χ1v) is 11.8. The average molecular weight is 446 g/mol. The van der Waals surface area contributed by atoms with E-state index in [2.05, 4.69) is 28.5 Å². The summed E-state index contributed by atoms with van der Waals surface area (Å²) in [5, 5.41) is 0. The van der Waals surface area contributed by atoms with E-state index in [0.717, 1.165) is 60.2 Å². The number of Topliss-reactive ketones (excluding diaryl/α,β-unsaturated/α-hetero) is 1. The molecule has 0 N–H and O–H groups in total. The van der Waals surface area contributed by atoms with Crippen molar-refractivity contribution < 1.29 is 18.5 Å². The van der Waals surface area contributed by atoms with Crippen LogP contribution in [0, 0.1) is 5.41 Å². The molecule has 0 aliphatic carbocycles. The fraction of sp³-hybridized carbons (Fsp3) is 0.357. The second-order valence-corrected chi connectivity index (χ2v) is 9.37. The highest BCUT2D eigenvalue weighted by Gasteiger charge is 2.25. The number of unbranched alkanes of at least 4 members (excludes halogenated alkanes) is 1. The van der Waals surface area contributed by atoms with Gasteiger partial charge in [0, 0.05) is 30.9 Å². The molecule has 0 spiro atoms. The Morgan fingerprint density at radius 2 is 1.82 bits per heavy atom. The molecule has 1 aliphatic rings. The van der Waals surface area contributed by atoms with Gasteiger partial charge in [-0.3, -0.25) is 4.79 Å². The number of anilines is 1. The van der Waals surface area contributed by atoms with Crippen molar-refractivity contribution in [2.45, 2.75) is 53.5 Å². The Balaban J connectivity index is 1.50. The highest BCUT2D eigenvalue weighted by atomic mass is 16.5. The lowest BCUT2D eigenvalue weighted by Crippen LogP contribution is -2.35. The van der Waals surface area contributed by atoms with Crippen LogP contribution in [-0.4, -0.2) is 12.3 Å². The molecule has 2 heterocycles. The Morgan fingerprint density at radius 3 is 2.61 bits per heavy atom. The highest BCUT2D eigenvalue weighted by Crippen LogP contribution is 2.38. The van der Waals surface area contributed by atoms with Crippen molar-refractivity contribution in [2.24, 2.45) is 5.41 Å². The van der Waals surface area contributed by atoms with Gasteiger partial charge >= 0.3 is 5.89 Å². The lowest BCUT2D eigenvalue weighted by Gasteiger charge is -2.15. The minimum atomic E-state index is -0.273. The van der Waals surface area contributed by atoms with E-state index in [-0.39, 0.29) is 5.41 Å². The summed E-state index contributed by atoms with van der Waals surface area (Å²) in [6.45, 7) is 9.69. The predicted octanol–water partition coefficient (Wildman–Crippen LogP) is 6.28. The Kier molecular flexibility index (Phi) is 6.68. The zero-order chi connectivity index (χ0) is 23.4. The molecule has 0 saturated carbocycles. The summed E-state index contributed by atoms with van der Waals surface area (Å²) in [4.78, 5) is 14.4. The average Bonchev–Trinajstić information content (AvgIpc) is 3.33. The molecule has 5 heteroatoms. The van der Waals surface area contributed by atoms with Gasteiger partial charge in [0.25, 0.3) is 5.52 Å². The normalized spacial score (nSPS) is 14.9. The maximum atomic E-state index is 12.2. The van der Waals surface area contributed by atoms with Crippen LogP contribution < -0.4 is 14.2 Å². The number of allylic oxidation sites excluding steroid dienone is 2. The number of aromatic nitrogens is 1. The van der Waals surface area contributed by atoms with Gasteiger partial charge in [0.05, 0.1) is 11.8 Å². The number of carbonyl (C=O) groups excluding carboxylic acids is 1. The third-order valence-corrected chi connectivity index (χ3v) is 5.94. The molecule has 0 unspecified atom stereocenters. The van der Waals surface area contributed by atoms with Crippen molar-refractivity contribution in [3.63, 3.8) is 0 Å². The number of carbonyl (C=O) groups is 1. The van der Waals surface area contributed by atoms with E-state index in [1.54, 1.807) is 0 Å².